The van der Waals surface area contributed by atoms with Crippen LogP contribution >= 0.6 is 0 Å². The van der Waals surface area contributed by atoms with Gasteiger partial charge in [-0.15, -0.1) is 0 Å². The highest BCUT2D eigenvalue weighted by molar-refractivity contribution is 5.94. The van der Waals surface area contributed by atoms with E-state index in [-0.39, 0.29) is 18.2 Å². The Balaban J connectivity index is 1.93. The quantitative estimate of drug-likeness (QED) is 0.714. The fraction of sp³-hybridized carbons (Fsp3) is 0.417. The molecule has 1 aromatic carbocycles. The van der Waals surface area contributed by atoms with E-state index in [1.54, 1.807) is 12.1 Å². The number of aliphatic hydroxyl groups is 1. The summed E-state index contributed by atoms with van der Waals surface area (Å²) in [5.74, 6) is -0.203. The van der Waals surface area contributed by atoms with Gasteiger partial charge in [0.15, 0.2) is 0 Å². The minimum atomic E-state index is -0.716. The van der Waals surface area contributed by atoms with Crippen LogP contribution in [-0.4, -0.2) is 28.3 Å². The molecule has 0 spiro atoms. The van der Waals surface area contributed by atoms with Crippen molar-refractivity contribution in [2.24, 2.45) is 0 Å². The lowest BCUT2D eigenvalue weighted by molar-refractivity contribution is -0.0300. The molecule has 0 saturated heterocycles. The van der Waals surface area contributed by atoms with Crippen molar-refractivity contribution in [1.29, 1.82) is 0 Å². The molecule has 0 unspecified atom stereocenters. The molecule has 1 aromatic rings. The number of carbonyl (C=O) groups excluding carboxylic acids is 1. The number of phenols is 1. The summed E-state index contributed by atoms with van der Waals surface area (Å²) in [5.41, 5.74) is -0.310. The molecule has 1 saturated carbocycles. The minimum absolute atomic E-state index is 0.0648. The predicted molar refractivity (Wildman–Crippen MR) is 59.2 cm³/mol. The molecule has 16 heavy (non-hydrogen) atoms. The van der Waals surface area contributed by atoms with Crippen molar-refractivity contribution in [3.8, 4) is 5.75 Å². The average Bonchev–Trinajstić information content (AvgIpc) is 2.23. The summed E-state index contributed by atoms with van der Waals surface area (Å²) in [7, 11) is 0. The van der Waals surface area contributed by atoms with Crippen molar-refractivity contribution in [3.63, 3.8) is 0 Å². The summed E-state index contributed by atoms with van der Waals surface area (Å²) in [4.78, 5) is 11.7. The first-order chi connectivity index (χ1) is 7.59. The maximum absolute atomic E-state index is 11.7. The van der Waals surface area contributed by atoms with Crippen LogP contribution in [0.15, 0.2) is 24.3 Å². The van der Waals surface area contributed by atoms with Gasteiger partial charge in [0.2, 0.25) is 0 Å². The number of aromatic hydroxyl groups is 1. The Morgan fingerprint density at radius 2 is 2.19 bits per heavy atom. The standard InChI is InChI=1S/C12H15NO3/c14-10-4-1-3-9(7-10)11(15)13-8-12(16)5-2-6-12/h1,3-4,7,14,16H,2,5-6,8H2,(H,13,15). The summed E-state index contributed by atoms with van der Waals surface area (Å²) >= 11 is 0. The number of phenolic OH excluding ortho intramolecular Hbond substituents is 1. The topological polar surface area (TPSA) is 69.6 Å². The van der Waals surface area contributed by atoms with Crippen LogP contribution in [0.5, 0.6) is 5.75 Å². The van der Waals surface area contributed by atoms with E-state index in [0.717, 1.165) is 19.3 Å². The minimum Gasteiger partial charge on any atom is -0.508 e. The molecular formula is C12H15NO3. The van der Waals surface area contributed by atoms with Gasteiger partial charge < -0.3 is 15.5 Å². The molecule has 4 nitrogen and oxygen atoms in total. The Hall–Kier alpha value is -1.55. The third-order valence-electron chi connectivity index (χ3n) is 2.97. The van der Waals surface area contributed by atoms with E-state index in [2.05, 4.69) is 5.32 Å². The fourth-order valence-corrected chi connectivity index (χ4v) is 1.76. The van der Waals surface area contributed by atoms with E-state index in [4.69, 9.17) is 0 Å². The monoisotopic (exact) mass is 221 g/mol. The number of nitrogens with one attached hydrogen (secondary N) is 1. The van der Waals surface area contributed by atoms with Crippen LogP contribution in [0, 0.1) is 0 Å². The second-order valence-corrected chi connectivity index (χ2v) is 4.31. The van der Waals surface area contributed by atoms with Gasteiger partial charge in [-0.25, -0.2) is 0 Å². The van der Waals surface area contributed by atoms with Crippen LogP contribution in [0.25, 0.3) is 0 Å². The summed E-state index contributed by atoms with van der Waals surface area (Å²) < 4.78 is 0. The zero-order chi connectivity index (χ0) is 11.6. The third kappa shape index (κ3) is 2.33. The molecule has 1 amide bonds. The van der Waals surface area contributed by atoms with Crippen molar-refractivity contribution in [1.82, 2.24) is 5.32 Å². The Morgan fingerprint density at radius 1 is 1.44 bits per heavy atom. The Bertz CT molecular complexity index is 399. The number of hydrogen-bond acceptors (Lipinski definition) is 3. The second-order valence-electron chi connectivity index (χ2n) is 4.31. The second kappa shape index (κ2) is 4.14. The summed E-state index contributed by atoms with van der Waals surface area (Å²) in [5, 5.41) is 21.7. The Kier molecular flexibility index (Phi) is 2.83. The Labute approximate surface area is 93.9 Å². The molecule has 3 N–H and O–H groups in total. The van der Waals surface area contributed by atoms with Crippen molar-refractivity contribution >= 4 is 5.91 Å². The van der Waals surface area contributed by atoms with Gasteiger partial charge in [-0.3, -0.25) is 4.79 Å². The van der Waals surface area contributed by atoms with E-state index in [0.29, 0.717) is 5.56 Å². The lowest BCUT2D eigenvalue weighted by Gasteiger charge is -2.36. The normalized spacial score (nSPS) is 17.6. The molecule has 0 radical (unpaired) electrons. The van der Waals surface area contributed by atoms with Crippen LogP contribution in [0.4, 0.5) is 0 Å². The van der Waals surface area contributed by atoms with Crippen molar-refractivity contribution in [2.75, 3.05) is 6.54 Å². The van der Waals surface area contributed by atoms with Crippen LogP contribution < -0.4 is 5.32 Å². The van der Waals surface area contributed by atoms with Gasteiger partial charge >= 0.3 is 0 Å². The summed E-state index contributed by atoms with van der Waals surface area (Å²) in [6.07, 6.45) is 2.50. The van der Waals surface area contributed by atoms with Crippen LogP contribution in [-0.2, 0) is 0 Å². The SMILES string of the molecule is O=C(NCC1(O)CCC1)c1cccc(O)c1. The molecule has 4 heteroatoms. The molecule has 1 aliphatic carbocycles. The van der Waals surface area contributed by atoms with Gasteiger partial charge in [0.25, 0.3) is 5.91 Å². The number of hydrogen-bond donors (Lipinski definition) is 3. The van der Waals surface area contributed by atoms with Crippen LogP contribution in [0.3, 0.4) is 0 Å². The van der Waals surface area contributed by atoms with Gasteiger partial charge in [-0.1, -0.05) is 6.07 Å². The highest BCUT2D eigenvalue weighted by atomic mass is 16.3. The van der Waals surface area contributed by atoms with Gasteiger partial charge in [0.05, 0.1) is 5.60 Å². The molecular weight excluding hydrogens is 206 g/mol. The lowest BCUT2D eigenvalue weighted by atomic mass is 9.80. The van der Waals surface area contributed by atoms with E-state index < -0.39 is 5.60 Å². The summed E-state index contributed by atoms with van der Waals surface area (Å²) in [6, 6.07) is 6.15. The molecule has 0 aromatic heterocycles. The van der Waals surface area contributed by atoms with Gasteiger partial charge in [-0.05, 0) is 37.5 Å². The van der Waals surface area contributed by atoms with Gasteiger partial charge in [-0.2, -0.15) is 0 Å². The first-order valence-corrected chi connectivity index (χ1v) is 5.39. The number of carbonyl (C=O) groups is 1. The Morgan fingerprint density at radius 3 is 2.75 bits per heavy atom. The number of rotatable bonds is 3. The van der Waals surface area contributed by atoms with Crippen LogP contribution in [0.2, 0.25) is 0 Å². The molecule has 1 aliphatic rings. The highest BCUT2D eigenvalue weighted by Crippen LogP contribution is 2.30. The first kappa shape index (κ1) is 11.0. The van der Waals surface area contributed by atoms with E-state index in [1.807, 2.05) is 0 Å². The van der Waals surface area contributed by atoms with E-state index >= 15 is 0 Å². The molecule has 0 aliphatic heterocycles. The van der Waals surface area contributed by atoms with Crippen molar-refractivity contribution < 1.29 is 15.0 Å². The zero-order valence-corrected chi connectivity index (χ0v) is 8.94. The maximum Gasteiger partial charge on any atom is 0.251 e. The molecule has 0 atom stereocenters. The molecule has 1 fully saturated rings. The molecule has 0 bridgehead atoms. The van der Waals surface area contributed by atoms with Crippen molar-refractivity contribution in [2.45, 2.75) is 24.9 Å². The molecule has 0 heterocycles. The van der Waals surface area contributed by atoms with Crippen molar-refractivity contribution in [3.05, 3.63) is 29.8 Å². The maximum atomic E-state index is 11.7. The number of amides is 1. The first-order valence-electron chi connectivity index (χ1n) is 5.39. The zero-order valence-electron chi connectivity index (χ0n) is 8.94. The van der Waals surface area contributed by atoms with Crippen LogP contribution in [0.1, 0.15) is 29.6 Å². The lowest BCUT2D eigenvalue weighted by Crippen LogP contribution is -2.47. The van der Waals surface area contributed by atoms with Gasteiger partial charge in [0.1, 0.15) is 5.75 Å². The van der Waals surface area contributed by atoms with E-state index in [1.165, 1.54) is 12.1 Å². The van der Waals surface area contributed by atoms with Gasteiger partial charge in [0, 0.05) is 12.1 Å². The summed E-state index contributed by atoms with van der Waals surface area (Å²) in [6.45, 7) is 0.279. The third-order valence-corrected chi connectivity index (χ3v) is 2.97. The largest absolute Gasteiger partial charge is 0.508 e. The fourth-order valence-electron chi connectivity index (χ4n) is 1.76. The number of benzene rings is 1. The molecule has 86 valence electrons. The smallest absolute Gasteiger partial charge is 0.251 e. The predicted octanol–water partition coefficient (Wildman–Crippen LogP) is 1.04. The highest BCUT2D eigenvalue weighted by Gasteiger charge is 2.34. The van der Waals surface area contributed by atoms with E-state index in [9.17, 15) is 15.0 Å². The molecule has 2 rings (SSSR count). The average molecular weight is 221 g/mol.